The Hall–Kier alpha value is -2.13. The lowest BCUT2D eigenvalue weighted by molar-refractivity contribution is 0.0511. The molecule has 0 saturated carbocycles. The van der Waals surface area contributed by atoms with Crippen LogP contribution in [0.3, 0.4) is 0 Å². The molecule has 0 aliphatic heterocycles. The van der Waals surface area contributed by atoms with Crippen molar-refractivity contribution in [3.8, 4) is 5.75 Å². The van der Waals surface area contributed by atoms with Crippen LogP contribution in [0.25, 0.3) is 0 Å². The fourth-order valence-electron chi connectivity index (χ4n) is 2.84. The third-order valence-electron chi connectivity index (χ3n) is 3.93. The highest BCUT2D eigenvalue weighted by molar-refractivity contribution is 6.03. The van der Waals surface area contributed by atoms with Gasteiger partial charge in [-0.2, -0.15) is 0 Å². The van der Waals surface area contributed by atoms with Gasteiger partial charge in [0.05, 0.1) is 0 Å². The zero-order chi connectivity index (χ0) is 14.7. The maximum absolute atomic E-state index is 12.6. The summed E-state index contributed by atoms with van der Waals surface area (Å²) in [5, 5.41) is 0. The third kappa shape index (κ3) is 2.83. The van der Waals surface area contributed by atoms with Crippen LogP contribution in [0.5, 0.6) is 5.75 Å². The Balaban J connectivity index is 1.80. The molecule has 0 amide bonds. The molecule has 1 atom stereocenters. The Labute approximate surface area is 124 Å². The summed E-state index contributed by atoms with van der Waals surface area (Å²) in [4.78, 5) is 12.6. The zero-order valence-electron chi connectivity index (χ0n) is 12.0. The van der Waals surface area contributed by atoms with E-state index >= 15 is 0 Å². The molecule has 2 aromatic rings. The molecule has 0 N–H and O–H groups in total. The monoisotopic (exact) mass is 282 g/mol. The van der Waals surface area contributed by atoms with Crippen LogP contribution in [0.15, 0.2) is 48.5 Å². The van der Waals surface area contributed by atoms with Crippen molar-refractivity contribution in [3.63, 3.8) is 0 Å². The minimum absolute atomic E-state index is 0.0450. The molecular weight excluding hydrogens is 264 g/mol. The van der Waals surface area contributed by atoms with E-state index in [1.807, 2.05) is 48.5 Å². The normalized spacial score (nSPS) is 17.4. The molecule has 0 spiro atoms. The van der Waals surface area contributed by atoms with E-state index in [1.54, 1.807) is 7.11 Å². The molecule has 108 valence electrons. The van der Waals surface area contributed by atoms with Gasteiger partial charge in [0.1, 0.15) is 5.75 Å². The molecule has 0 aromatic heterocycles. The summed E-state index contributed by atoms with van der Waals surface area (Å²) in [6.07, 6.45) is 1.82. The number of methoxy groups -OCH3 is 1. The average molecular weight is 282 g/mol. The molecule has 0 heterocycles. The van der Waals surface area contributed by atoms with Gasteiger partial charge < -0.3 is 9.47 Å². The molecule has 3 heteroatoms. The molecule has 3 nitrogen and oxygen atoms in total. The van der Waals surface area contributed by atoms with Crippen LogP contribution in [0.2, 0.25) is 0 Å². The van der Waals surface area contributed by atoms with Gasteiger partial charge >= 0.3 is 0 Å². The van der Waals surface area contributed by atoms with E-state index < -0.39 is 0 Å². The molecule has 2 aromatic carbocycles. The van der Waals surface area contributed by atoms with Crippen molar-refractivity contribution in [3.05, 3.63) is 65.2 Å². The number of aryl methyl sites for hydroxylation is 1. The second-order valence-corrected chi connectivity index (χ2v) is 5.23. The molecular formula is C18H18O3. The minimum Gasteiger partial charge on any atom is -0.468 e. The summed E-state index contributed by atoms with van der Waals surface area (Å²) in [5.41, 5.74) is 3.09. The Morgan fingerprint density at radius 3 is 2.62 bits per heavy atom. The summed E-state index contributed by atoms with van der Waals surface area (Å²) in [7, 11) is 1.59. The highest BCUT2D eigenvalue weighted by Gasteiger charge is 2.28. The van der Waals surface area contributed by atoms with Crippen LogP contribution < -0.4 is 4.74 Å². The maximum atomic E-state index is 12.6. The molecule has 3 rings (SSSR count). The molecule has 0 bridgehead atoms. The number of fused-ring (bicyclic) bond motifs is 1. The first kappa shape index (κ1) is 13.8. The topological polar surface area (TPSA) is 35.5 Å². The van der Waals surface area contributed by atoms with Gasteiger partial charge in [0.15, 0.2) is 12.6 Å². The number of rotatable bonds is 4. The van der Waals surface area contributed by atoms with Gasteiger partial charge in [-0.3, -0.25) is 4.79 Å². The van der Waals surface area contributed by atoms with Crippen LogP contribution in [0.4, 0.5) is 0 Å². The van der Waals surface area contributed by atoms with E-state index in [4.69, 9.17) is 9.47 Å². The average Bonchev–Trinajstić information content (AvgIpc) is 2.54. The van der Waals surface area contributed by atoms with E-state index in [0.29, 0.717) is 0 Å². The van der Waals surface area contributed by atoms with Gasteiger partial charge in [-0.15, -0.1) is 0 Å². The number of carbonyl (C=O) groups is 1. The SMILES string of the molecule is COCOc1ccc(C2CCc3ccccc3C2=O)cc1. The molecule has 1 unspecified atom stereocenters. The molecule has 0 saturated heterocycles. The second-order valence-electron chi connectivity index (χ2n) is 5.23. The lowest BCUT2D eigenvalue weighted by Crippen LogP contribution is -2.20. The van der Waals surface area contributed by atoms with Crippen molar-refractivity contribution in [1.29, 1.82) is 0 Å². The first-order valence-electron chi connectivity index (χ1n) is 7.13. The molecule has 0 fully saturated rings. The fourth-order valence-corrected chi connectivity index (χ4v) is 2.84. The Kier molecular flexibility index (Phi) is 4.02. The van der Waals surface area contributed by atoms with Gasteiger partial charge in [0, 0.05) is 18.6 Å². The number of benzene rings is 2. The van der Waals surface area contributed by atoms with Crippen LogP contribution in [-0.2, 0) is 11.2 Å². The van der Waals surface area contributed by atoms with E-state index in [9.17, 15) is 4.79 Å². The van der Waals surface area contributed by atoms with E-state index in [1.165, 1.54) is 5.56 Å². The van der Waals surface area contributed by atoms with Crippen LogP contribution in [-0.4, -0.2) is 19.7 Å². The Morgan fingerprint density at radius 2 is 1.86 bits per heavy atom. The molecule has 0 radical (unpaired) electrons. The van der Waals surface area contributed by atoms with Crippen LogP contribution in [0.1, 0.15) is 33.8 Å². The van der Waals surface area contributed by atoms with Crippen molar-refractivity contribution in [2.45, 2.75) is 18.8 Å². The predicted octanol–water partition coefficient (Wildman–Crippen LogP) is 3.58. The molecule has 1 aliphatic carbocycles. The van der Waals surface area contributed by atoms with Gasteiger partial charge in [-0.25, -0.2) is 0 Å². The first-order chi connectivity index (χ1) is 10.3. The van der Waals surface area contributed by atoms with Crippen LogP contribution in [0, 0.1) is 0 Å². The summed E-state index contributed by atoms with van der Waals surface area (Å²) in [6.45, 7) is 0.231. The molecule has 21 heavy (non-hydrogen) atoms. The number of Topliss-reactive ketones (excluding diaryl/α,β-unsaturated/α-hetero) is 1. The summed E-state index contributed by atoms with van der Waals surface area (Å²) in [6, 6.07) is 15.6. The van der Waals surface area contributed by atoms with Gasteiger partial charge in [0.25, 0.3) is 0 Å². The van der Waals surface area contributed by atoms with Crippen molar-refractivity contribution >= 4 is 5.78 Å². The third-order valence-corrected chi connectivity index (χ3v) is 3.93. The lowest BCUT2D eigenvalue weighted by Gasteiger charge is -2.23. The van der Waals surface area contributed by atoms with Gasteiger partial charge in [-0.05, 0) is 36.1 Å². The summed E-state index contributed by atoms with van der Waals surface area (Å²) < 4.78 is 10.2. The number of hydrogen-bond donors (Lipinski definition) is 0. The Bertz CT molecular complexity index is 631. The van der Waals surface area contributed by atoms with Crippen molar-refractivity contribution in [1.82, 2.24) is 0 Å². The summed E-state index contributed by atoms with van der Waals surface area (Å²) in [5.74, 6) is 0.933. The van der Waals surface area contributed by atoms with Crippen molar-refractivity contribution in [2.24, 2.45) is 0 Å². The number of ketones is 1. The Morgan fingerprint density at radius 1 is 1.10 bits per heavy atom. The lowest BCUT2D eigenvalue weighted by atomic mass is 9.79. The zero-order valence-corrected chi connectivity index (χ0v) is 12.0. The van der Waals surface area contributed by atoms with Gasteiger partial charge in [0.2, 0.25) is 0 Å². The van der Waals surface area contributed by atoms with Crippen molar-refractivity contribution in [2.75, 3.05) is 13.9 Å². The smallest absolute Gasteiger partial charge is 0.188 e. The fraction of sp³-hybridized carbons (Fsp3) is 0.278. The standard InChI is InChI=1S/C18H18O3/c1-20-12-21-15-9-6-14(7-10-15)17-11-8-13-4-2-3-5-16(13)18(17)19/h2-7,9-10,17H,8,11-12H2,1H3. The summed E-state index contributed by atoms with van der Waals surface area (Å²) >= 11 is 0. The highest BCUT2D eigenvalue weighted by atomic mass is 16.7. The first-order valence-corrected chi connectivity index (χ1v) is 7.13. The molecule has 1 aliphatic rings. The highest BCUT2D eigenvalue weighted by Crippen LogP contribution is 2.33. The van der Waals surface area contributed by atoms with E-state index in [-0.39, 0.29) is 18.5 Å². The van der Waals surface area contributed by atoms with E-state index in [0.717, 1.165) is 29.7 Å². The van der Waals surface area contributed by atoms with Crippen molar-refractivity contribution < 1.29 is 14.3 Å². The largest absolute Gasteiger partial charge is 0.468 e. The minimum atomic E-state index is -0.0450. The number of carbonyl (C=O) groups excluding carboxylic acids is 1. The van der Waals surface area contributed by atoms with Crippen LogP contribution >= 0.6 is 0 Å². The quantitative estimate of drug-likeness (QED) is 0.804. The number of hydrogen-bond acceptors (Lipinski definition) is 3. The number of ether oxygens (including phenoxy) is 2. The maximum Gasteiger partial charge on any atom is 0.188 e. The van der Waals surface area contributed by atoms with Gasteiger partial charge in [-0.1, -0.05) is 36.4 Å². The predicted molar refractivity (Wildman–Crippen MR) is 80.8 cm³/mol. The van der Waals surface area contributed by atoms with E-state index in [2.05, 4.69) is 0 Å². The second kappa shape index (κ2) is 6.10.